The summed E-state index contributed by atoms with van der Waals surface area (Å²) in [4.78, 5) is 0. The average Bonchev–Trinajstić information content (AvgIpc) is 3.40. The fraction of sp³-hybridized carbons (Fsp3) is 0.455. The molecule has 2 aromatic carbocycles. The smallest absolute Gasteiger partial charge is 0.405 e. The third-order valence-corrected chi connectivity index (χ3v) is 6.60. The molecule has 4 atom stereocenters. The van der Waals surface area contributed by atoms with E-state index in [2.05, 4.69) is 5.09 Å². The van der Waals surface area contributed by atoms with E-state index in [0.29, 0.717) is 31.1 Å². The Morgan fingerprint density at radius 2 is 1.53 bits per heavy atom. The molecule has 0 aliphatic carbocycles. The number of fused-ring (bicyclic) bond motifs is 1. The maximum atomic E-state index is 13.5. The van der Waals surface area contributed by atoms with Crippen LogP contribution in [-0.2, 0) is 28.2 Å². The van der Waals surface area contributed by atoms with E-state index in [-0.39, 0.29) is 38.0 Å². The molecule has 1 N–H and O–H groups in total. The lowest BCUT2D eigenvalue weighted by Gasteiger charge is -2.22. The topological polar surface area (TPSA) is 93.7 Å². The van der Waals surface area contributed by atoms with Gasteiger partial charge in [-0.3, -0.25) is 0 Å². The summed E-state index contributed by atoms with van der Waals surface area (Å²) in [5.74, 6) is 0.888. The van der Waals surface area contributed by atoms with E-state index >= 15 is 0 Å². The van der Waals surface area contributed by atoms with E-state index in [4.69, 9.17) is 32.7 Å². The van der Waals surface area contributed by atoms with Crippen LogP contribution in [0.15, 0.2) is 60.7 Å². The molecule has 0 amide bonds. The summed E-state index contributed by atoms with van der Waals surface area (Å²) in [5, 5.41) is 2.95. The van der Waals surface area contributed by atoms with Crippen molar-refractivity contribution in [3.63, 3.8) is 0 Å². The summed E-state index contributed by atoms with van der Waals surface area (Å²) in [6.45, 7) is 1.06. The molecule has 2 fully saturated rings. The van der Waals surface area contributed by atoms with Crippen LogP contribution < -0.4 is 14.1 Å². The number of ether oxygens (including phenoxy) is 5. The normalized spacial score (nSPS) is 24.9. The number of nitrogens with one attached hydrogen (secondary N) is 1. The van der Waals surface area contributed by atoms with Crippen molar-refractivity contribution in [1.82, 2.24) is 5.09 Å². The Hall–Kier alpha value is -1.97. The number of hydrogen-bond donors (Lipinski definition) is 1. The fourth-order valence-electron chi connectivity index (χ4n) is 3.68. The highest BCUT2D eigenvalue weighted by Gasteiger charge is 2.49. The molecule has 32 heavy (non-hydrogen) atoms. The van der Waals surface area contributed by atoms with Crippen LogP contribution in [0.5, 0.6) is 11.5 Å². The summed E-state index contributed by atoms with van der Waals surface area (Å²) in [6.07, 6.45) is -0.392. The van der Waals surface area contributed by atoms with Gasteiger partial charge in [0.15, 0.2) is 0 Å². The van der Waals surface area contributed by atoms with Crippen molar-refractivity contribution < 1.29 is 37.3 Å². The van der Waals surface area contributed by atoms with Crippen LogP contribution in [0.1, 0.15) is 6.42 Å². The molecular formula is C22H28NO8P. The number of methoxy groups -OCH3 is 1. The molecule has 4 rings (SSSR count). The van der Waals surface area contributed by atoms with E-state index in [1.807, 2.05) is 12.1 Å². The van der Waals surface area contributed by atoms with E-state index in [9.17, 15) is 4.57 Å². The van der Waals surface area contributed by atoms with Crippen molar-refractivity contribution in [1.29, 1.82) is 0 Å². The second-order valence-electron chi connectivity index (χ2n) is 7.37. The predicted molar refractivity (Wildman–Crippen MR) is 115 cm³/mol. The maximum Gasteiger partial charge on any atom is 0.512 e. The van der Waals surface area contributed by atoms with Gasteiger partial charge in [-0.25, -0.2) is 9.65 Å². The molecule has 2 aromatic rings. The molecule has 174 valence electrons. The third-order valence-electron chi connectivity index (χ3n) is 5.08. The molecule has 0 bridgehead atoms. The van der Waals surface area contributed by atoms with E-state index in [0.717, 1.165) is 0 Å². The van der Waals surface area contributed by atoms with Crippen LogP contribution in [0.25, 0.3) is 0 Å². The molecule has 10 heteroatoms. The molecule has 9 nitrogen and oxygen atoms in total. The molecule has 0 aromatic heterocycles. The van der Waals surface area contributed by atoms with Crippen molar-refractivity contribution >= 4 is 7.75 Å². The molecule has 2 aliphatic heterocycles. The van der Waals surface area contributed by atoms with Gasteiger partial charge >= 0.3 is 7.75 Å². The van der Waals surface area contributed by atoms with E-state index in [1.54, 1.807) is 55.6 Å². The highest BCUT2D eigenvalue weighted by molar-refractivity contribution is 7.52. The highest BCUT2D eigenvalue weighted by Crippen LogP contribution is 2.45. The van der Waals surface area contributed by atoms with E-state index < -0.39 is 7.75 Å². The third kappa shape index (κ3) is 6.08. The second-order valence-corrected chi connectivity index (χ2v) is 9.05. The fourth-order valence-corrected chi connectivity index (χ4v) is 5.05. The van der Waals surface area contributed by atoms with Crippen molar-refractivity contribution in [3.8, 4) is 11.5 Å². The van der Waals surface area contributed by atoms with Gasteiger partial charge in [0, 0.05) is 13.7 Å². The first-order chi connectivity index (χ1) is 15.7. The second kappa shape index (κ2) is 11.2. The molecule has 2 saturated heterocycles. The van der Waals surface area contributed by atoms with Crippen LogP contribution in [-0.4, -0.2) is 58.3 Å². The predicted octanol–water partition coefficient (Wildman–Crippen LogP) is 3.36. The largest absolute Gasteiger partial charge is 0.512 e. The van der Waals surface area contributed by atoms with Crippen LogP contribution in [0.3, 0.4) is 0 Å². The highest BCUT2D eigenvalue weighted by atomic mass is 31.2. The van der Waals surface area contributed by atoms with Gasteiger partial charge in [0.05, 0.1) is 12.7 Å². The Morgan fingerprint density at radius 1 is 0.938 bits per heavy atom. The first-order valence-electron chi connectivity index (χ1n) is 10.5. The van der Waals surface area contributed by atoms with Crippen LogP contribution in [0.4, 0.5) is 0 Å². The Kier molecular flexibility index (Phi) is 8.15. The zero-order chi connectivity index (χ0) is 22.2. The molecule has 0 unspecified atom stereocenters. The van der Waals surface area contributed by atoms with Gasteiger partial charge in [-0.1, -0.05) is 36.4 Å². The number of para-hydroxylation sites is 2. The summed E-state index contributed by atoms with van der Waals surface area (Å²) in [6, 6.07) is 17.8. The molecule has 0 radical (unpaired) electrons. The lowest BCUT2D eigenvalue weighted by Crippen LogP contribution is -2.33. The quantitative estimate of drug-likeness (QED) is 0.288. The van der Waals surface area contributed by atoms with Gasteiger partial charge in [0.25, 0.3) is 0 Å². The van der Waals surface area contributed by atoms with Crippen LogP contribution in [0.2, 0.25) is 0 Å². The monoisotopic (exact) mass is 465 g/mol. The van der Waals surface area contributed by atoms with Crippen molar-refractivity contribution in [3.05, 3.63) is 60.7 Å². The van der Waals surface area contributed by atoms with Gasteiger partial charge < -0.3 is 32.7 Å². The summed E-state index contributed by atoms with van der Waals surface area (Å²) < 4.78 is 52.8. The number of benzene rings is 2. The first-order valence-corrected chi connectivity index (χ1v) is 12.0. The van der Waals surface area contributed by atoms with Gasteiger partial charge in [-0.2, -0.15) is 0 Å². The average molecular weight is 465 g/mol. The van der Waals surface area contributed by atoms with Gasteiger partial charge in [-0.05, 0) is 30.7 Å². The summed E-state index contributed by atoms with van der Waals surface area (Å²) in [7, 11) is -2.14. The zero-order valence-corrected chi connectivity index (χ0v) is 18.7. The Morgan fingerprint density at radius 3 is 2.12 bits per heavy atom. The van der Waals surface area contributed by atoms with Gasteiger partial charge in [0.1, 0.15) is 43.4 Å². The zero-order valence-electron chi connectivity index (χ0n) is 17.8. The Bertz CT molecular complexity index is 825. The van der Waals surface area contributed by atoms with Crippen molar-refractivity contribution in [2.45, 2.75) is 30.8 Å². The van der Waals surface area contributed by atoms with Crippen molar-refractivity contribution in [2.75, 3.05) is 33.8 Å². The van der Waals surface area contributed by atoms with Crippen molar-refractivity contribution in [2.24, 2.45) is 0 Å². The standard InChI is InChI=1S/C22H28NO8P/c1-25-15-26-14-20-22-21(27-16-28-22)19(29-20)12-13-23-32(24,30-17-8-4-2-5-9-17)31-18-10-6-3-7-11-18/h2-11,19-22H,12-16H2,1H3,(H,23,24)/t19-,20+,21-,22+/m0/s1. The van der Waals surface area contributed by atoms with Crippen LogP contribution in [0, 0.1) is 0 Å². The molecule has 2 heterocycles. The van der Waals surface area contributed by atoms with Crippen LogP contribution >= 0.6 is 7.75 Å². The van der Waals surface area contributed by atoms with E-state index in [1.165, 1.54) is 0 Å². The summed E-state index contributed by atoms with van der Waals surface area (Å²) >= 11 is 0. The SMILES string of the molecule is COCOC[C@H]1O[C@@H](CCNP(=O)(Oc2ccccc2)Oc2ccccc2)[C@@H]2OCO[C@@H]21. The molecular weight excluding hydrogens is 437 g/mol. The minimum absolute atomic E-state index is 0.182. The number of rotatable bonds is 12. The van der Waals surface area contributed by atoms with Gasteiger partial charge in [-0.15, -0.1) is 0 Å². The minimum atomic E-state index is -3.70. The first kappa shape index (κ1) is 23.2. The summed E-state index contributed by atoms with van der Waals surface area (Å²) in [5.41, 5.74) is 0. The molecule has 2 aliphatic rings. The minimum Gasteiger partial charge on any atom is -0.405 e. The Labute approximate surface area is 187 Å². The maximum absolute atomic E-state index is 13.5. The molecule has 0 saturated carbocycles. The van der Waals surface area contributed by atoms with Gasteiger partial charge in [0.2, 0.25) is 0 Å². The Balaban J connectivity index is 1.37. The number of hydrogen-bond acceptors (Lipinski definition) is 8. The lowest BCUT2D eigenvalue weighted by atomic mass is 10.1. The lowest BCUT2D eigenvalue weighted by molar-refractivity contribution is -0.117. The molecule has 0 spiro atoms.